The van der Waals surface area contributed by atoms with Crippen molar-refractivity contribution in [3.8, 4) is 0 Å². The Hall–Kier alpha value is -1.10. The molecular formula is C10H7Cl3N4. The molecule has 1 N–H and O–H groups in total. The van der Waals surface area contributed by atoms with E-state index in [-0.39, 0.29) is 10.4 Å². The second kappa shape index (κ2) is 5.49. The van der Waals surface area contributed by atoms with Crippen molar-refractivity contribution in [3.05, 3.63) is 45.3 Å². The number of hydrogen-bond acceptors (Lipinski definition) is 4. The first-order valence-electron chi connectivity index (χ1n) is 4.69. The van der Waals surface area contributed by atoms with Crippen molar-refractivity contribution in [2.24, 2.45) is 0 Å². The van der Waals surface area contributed by atoms with Gasteiger partial charge in [-0.3, -0.25) is 0 Å². The molecule has 1 aromatic carbocycles. The van der Waals surface area contributed by atoms with Gasteiger partial charge < -0.3 is 5.32 Å². The first kappa shape index (κ1) is 12.4. The maximum Gasteiger partial charge on any atom is 0.245 e. The Morgan fingerprint density at radius 1 is 1.00 bits per heavy atom. The van der Waals surface area contributed by atoms with E-state index in [0.29, 0.717) is 17.4 Å². The minimum Gasteiger partial charge on any atom is -0.363 e. The number of nitrogens with zero attached hydrogens (tertiary/aromatic N) is 3. The van der Waals surface area contributed by atoms with Gasteiger partial charge in [0.05, 0.1) is 0 Å². The van der Waals surface area contributed by atoms with Gasteiger partial charge in [0, 0.05) is 11.6 Å². The van der Waals surface area contributed by atoms with Crippen LogP contribution in [0.1, 0.15) is 5.56 Å². The van der Waals surface area contributed by atoms with Crippen LogP contribution in [0.25, 0.3) is 0 Å². The maximum atomic E-state index is 5.81. The third-order valence-electron chi connectivity index (χ3n) is 1.99. The molecule has 0 atom stereocenters. The second-order valence-corrected chi connectivity index (χ2v) is 4.33. The lowest BCUT2D eigenvalue weighted by molar-refractivity contribution is 0.958. The third kappa shape index (κ3) is 3.43. The van der Waals surface area contributed by atoms with Crippen LogP contribution in [0.3, 0.4) is 0 Å². The van der Waals surface area contributed by atoms with E-state index in [1.54, 1.807) is 0 Å². The minimum absolute atomic E-state index is 0.0491. The van der Waals surface area contributed by atoms with E-state index in [4.69, 9.17) is 34.8 Å². The molecular weight excluding hydrogens is 282 g/mol. The fourth-order valence-electron chi connectivity index (χ4n) is 1.19. The van der Waals surface area contributed by atoms with Crippen LogP contribution in [-0.4, -0.2) is 15.2 Å². The van der Waals surface area contributed by atoms with Crippen molar-refractivity contribution in [1.82, 2.24) is 15.2 Å². The first-order valence-corrected chi connectivity index (χ1v) is 5.82. The zero-order valence-corrected chi connectivity index (χ0v) is 10.8. The van der Waals surface area contributed by atoms with Crippen LogP contribution >= 0.6 is 34.8 Å². The molecule has 4 nitrogen and oxygen atoms in total. The van der Waals surface area contributed by atoms with Crippen molar-refractivity contribution in [1.29, 1.82) is 0 Å². The highest BCUT2D eigenvalue weighted by molar-refractivity contribution is 6.32. The molecule has 0 saturated carbocycles. The fourth-order valence-corrected chi connectivity index (χ4v) is 1.59. The lowest BCUT2D eigenvalue weighted by atomic mass is 10.2. The van der Waals surface area contributed by atoms with Gasteiger partial charge in [-0.25, -0.2) is 0 Å². The van der Waals surface area contributed by atoms with Crippen LogP contribution in [0.4, 0.5) is 5.82 Å². The van der Waals surface area contributed by atoms with E-state index in [2.05, 4.69) is 20.5 Å². The van der Waals surface area contributed by atoms with E-state index >= 15 is 0 Å². The van der Waals surface area contributed by atoms with E-state index < -0.39 is 0 Å². The van der Waals surface area contributed by atoms with Crippen LogP contribution < -0.4 is 5.32 Å². The van der Waals surface area contributed by atoms with Crippen LogP contribution in [0.15, 0.2) is 24.3 Å². The number of aromatic nitrogens is 3. The average molecular weight is 290 g/mol. The highest BCUT2D eigenvalue weighted by Gasteiger charge is 2.05. The van der Waals surface area contributed by atoms with Gasteiger partial charge in [-0.1, -0.05) is 35.3 Å². The number of nitrogens with one attached hydrogen (secondary N) is 1. The van der Waals surface area contributed by atoms with Crippen LogP contribution in [0.2, 0.25) is 15.5 Å². The highest BCUT2D eigenvalue weighted by atomic mass is 35.5. The molecule has 0 aliphatic rings. The molecule has 0 aliphatic carbocycles. The summed E-state index contributed by atoms with van der Waals surface area (Å²) in [6.07, 6.45) is 0. The molecule has 0 bridgehead atoms. The normalized spacial score (nSPS) is 10.3. The summed E-state index contributed by atoms with van der Waals surface area (Å²) in [6.45, 7) is 0.548. The van der Waals surface area contributed by atoms with Crippen molar-refractivity contribution in [2.75, 3.05) is 5.32 Å². The van der Waals surface area contributed by atoms with Crippen LogP contribution in [0, 0.1) is 0 Å². The summed E-state index contributed by atoms with van der Waals surface area (Å²) < 4.78 is 0. The van der Waals surface area contributed by atoms with Gasteiger partial charge in [-0.15, -0.1) is 10.2 Å². The molecule has 1 heterocycles. The van der Waals surface area contributed by atoms with Gasteiger partial charge >= 0.3 is 0 Å². The second-order valence-electron chi connectivity index (χ2n) is 3.20. The minimum atomic E-state index is 0.0491. The predicted molar refractivity (Wildman–Crippen MR) is 68.6 cm³/mol. The average Bonchev–Trinajstić information content (AvgIpc) is 2.32. The first-order chi connectivity index (χ1) is 8.15. The highest BCUT2D eigenvalue weighted by Crippen LogP contribution is 2.18. The molecule has 88 valence electrons. The van der Waals surface area contributed by atoms with Gasteiger partial charge in [0.15, 0.2) is 11.0 Å². The molecule has 0 spiro atoms. The number of halogens is 3. The number of anilines is 1. The van der Waals surface area contributed by atoms with Crippen molar-refractivity contribution in [3.63, 3.8) is 0 Å². The molecule has 2 aromatic rings. The Labute approximate surface area is 113 Å². The molecule has 0 amide bonds. The van der Waals surface area contributed by atoms with Gasteiger partial charge in [-0.2, -0.15) is 4.98 Å². The zero-order chi connectivity index (χ0) is 12.3. The van der Waals surface area contributed by atoms with Crippen molar-refractivity contribution in [2.45, 2.75) is 6.54 Å². The number of rotatable bonds is 3. The summed E-state index contributed by atoms with van der Waals surface area (Å²) in [7, 11) is 0. The Morgan fingerprint density at radius 3 is 2.41 bits per heavy atom. The topological polar surface area (TPSA) is 50.7 Å². The predicted octanol–water partition coefficient (Wildman–Crippen LogP) is 3.44. The van der Waals surface area contributed by atoms with Crippen molar-refractivity contribution < 1.29 is 0 Å². The van der Waals surface area contributed by atoms with Crippen molar-refractivity contribution >= 4 is 40.6 Å². The van der Waals surface area contributed by atoms with E-state index in [1.165, 1.54) is 0 Å². The molecule has 0 saturated heterocycles. The van der Waals surface area contributed by atoms with Crippen LogP contribution in [0.5, 0.6) is 0 Å². The smallest absolute Gasteiger partial charge is 0.245 e. The Balaban J connectivity index is 2.07. The summed E-state index contributed by atoms with van der Waals surface area (Å²) in [5, 5.41) is 11.1. The van der Waals surface area contributed by atoms with Gasteiger partial charge in [0.25, 0.3) is 0 Å². The Bertz CT molecular complexity index is 515. The van der Waals surface area contributed by atoms with Crippen LogP contribution in [-0.2, 0) is 6.54 Å². The molecule has 0 fully saturated rings. The molecule has 0 unspecified atom stereocenters. The number of hydrogen-bond donors (Lipinski definition) is 1. The lowest BCUT2D eigenvalue weighted by Gasteiger charge is -2.06. The van der Waals surface area contributed by atoms with E-state index in [9.17, 15) is 0 Å². The quantitative estimate of drug-likeness (QED) is 0.940. The summed E-state index contributed by atoms with van der Waals surface area (Å²) in [5.41, 5.74) is 1.04. The van der Waals surface area contributed by atoms with Gasteiger partial charge in [-0.05, 0) is 29.3 Å². The summed E-state index contributed by atoms with van der Waals surface area (Å²) in [6, 6.07) is 7.43. The molecule has 7 heteroatoms. The third-order valence-corrected chi connectivity index (χ3v) is 2.66. The standard InChI is InChI=1S/C10H7Cl3N4/c11-7-3-1-6(2-4-7)5-14-9-8(12)16-17-10(13)15-9/h1-4H,5H2,(H,14,15,17). The largest absolute Gasteiger partial charge is 0.363 e. The van der Waals surface area contributed by atoms with E-state index in [1.807, 2.05) is 24.3 Å². The fraction of sp³-hybridized carbons (Fsp3) is 0.100. The summed E-state index contributed by atoms with van der Waals surface area (Å²) in [4.78, 5) is 3.93. The molecule has 0 aliphatic heterocycles. The molecule has 17 heavy (non-hydrogen) atoms. The Kier molecular flexibility index (Phi) is 3.99. The van der Waals surface area contributed by atoms with Gasteiger partial charge in [0.1, 0.15) is 0 Å². The molecule has 2 rings (SSSR count). The maximum absolute atomic E-state index is 5.81. The number of benzene rings is 1. The molecule has 1 aromatic heterocycles. The zero-order valence-electron chi connectivity index (χ0n) is 8.49. The molecule has 0 radical (unpaired) electrons. The Morgan fingerprint density at radius 2 is 1.71 bits per heavy atom. The summed E-state index contributed by atoms with van der Waals surface area (Å²) in [5.74, 6) is 0.404. The van der Waals surface area contributed by atoms with E-state index in [0.717, 1.165) is 5.56 Å². The monoisotopic (exact) mass is 288 g/mol. The van der Waals surface area contributed by atoms with Gasteiger partial charge in [0.2, 0.25) is 5.28 Å². The lowest BCUT2D eigenvalue weighted by Crippen LogP contribution is -2.04. The summed E-state index contributed by atoms with van der Waals surface area (Å²) >= 11 is 17.2. The SMILES string of the molecule is Clc1ccc(CNc2nc(Cl)nnc2Cl)cc1.